The summed E-state index contributed by atoms with van der Waals surface area (Å²) in [5, 5.41) is 0. The third-order valence-corrected chi connectivity index (χ3v) is 2.09. The maximum atomic E-state index is 4.17. The molecular weight excluding hydrogens is 148 g/mol. The third kappa shape index (κ3) is 5.05. The molecule has 1 atom stereocenters. The quantitative estimate of drug-likeness (QED) is 0.455. The zero-order valence-electron chi connectivity index (χ0n) is 8.67. The highest BCUT2D eigenvalue weighted by Gasteiger charge is 2.00. The standard InChI is InChI=1S/C10H20N2/c1-5-9(3)7-8-10(11-4)12-6-2/h6,9H,5,7-8H2,1-4H3/b11-10+,12-6+. The van der Waals surface area contributed by atoms with Crippen molar-refractivity contribution in [1.29, 1.82) is 0 Å². The lowest BCUT2D eigenvalue weighted by atomic mass is 10.0. The zero-order valence-corrected chi connectivity index (χ0v) is 8.67. The molecule has 0 spiro atoms. The topological polar surface area (TPSA) is 24.7 Å². The summed E-state index contributed by atoms with van der Waals surface area (Å²) in [6.07, 6.45) is 5.25. The average Bonchev–Trinajstić information content (AvgIpc) is 2.11. The van der Waals surface area contributed by atoms with Crippen molar-refractivity contribution in [1.82, 2.24) is 0 Å². The van der Waals surface area contributed by atoms with Crippen LogP contribution in [0.2, 0.25) is 0 Å². The molecule has 1 unspecified atom stereocenters. The summed E-state index contributed by atoms with van der Waals surface area (Å²) < 4.78 is 0. The van der Waals surface area contributed by atoms with Crippen LogP contribution in [-0.4, -0.2) is 19.1 Å². The second-order valence-corrected chi connectivity index (χ2v) is 3.08. The van der Waals surface area contributed by atoms with Crippen LogP contribution in [0.4, 0.5) is 0 Å². The Morgan fingerprint density at radius 2 is 2.17 bits per heavy atom. The number of nitrogens with zero attached hydrogens (tertiary/aromatic N) is 2. The first kappa shape index (κ1) is 11.3. The molecule has 0 aromatic heterocycles. The van der Waals surface area contributed by atoms with Gasteiger partial charge in [-0.05, 0) is 19.3 Å². The summed E-state index contributed by atoms with van der Waals surface area (Å²) in [6.45, 7) is 6.41. The lowest BCUT2D eigenvalue weighted by Gasteiger charge is -2.06. The predicted molar refractivity (Wildman–Crippen MR) is 56.2 cm³/mol. The lowest BCUT2D eigenvalue weighted by molar-refractivity contribution is 0.527. The van der Waals surface area contributed by atoms with Gasteiger partial charge in [-0.2, -0.15) is 0 Å². The maximum absolute atomic E-state index is 4.17. The van der Waals surface area contributed by atoms with E-state index in [0.29, 0.717) is 0 Å². The molecule has 0 aliphatic rings. The second-order valence-electron chi connectivity index (χ2n) is 3.08. The highest BCUT2D eigenvalue weighted by molar-refractivity contribution is 5.88. The molecule has 2 heteroatoms. The number of rotatable bonds is 4. The fraction of sp³-hybridized carbons (Fsp3) is 0.800. The number of hydrogen-bond acceptors (Lipinski definition) is 1. The molecule has 0 bridgehead atoms. The van der Waals surface area contributed by atoms with E-state index >= 15 is 0 Å². The highest BCUT2D eigenvalue weighted by atomic mass is 14.9. The minimum absolute atomic E-state index is 0.786. The van der Waals surface area contributed by atoms with Gasteiger partial charge in [-0.25, -0.2) is 4.99 Å². The van der Waals surface area contributed by atoms with Crippen molar-refractivity contribution in [2.75, 3.05) is 7.05 Å². The first-order valence-corrected chi connectivity index (χ1v) is 4.68. The van der Waals surface area contributed by atoms with E-state index in [9.17, 15) is 0 Å². The molecule has 0 saturated carbocycles. The van der Waals surface area contributed by atoms with Gasteiger partial charge in [0.15, 0.2) is 0 Å². The number of amidine groups is 1. The van der Waals surface area contributed by atoms with Crippen LogP contribution in [0, 0.1) is 5.92 Å². The van der Waals surface area contributed by atoms with Crippen LogP contribution >= 0.6 is 0 Å². The summed E-state index contributed by atoms with van der Waals surface area (Å²) in [5.41, 5.74) is 0. The molecule has 0 aromatic carbocycles. The zero-order chi connectivity index (χ0) is 9.40. The SMILES string of the molecule is C/C=N/C(CCC(C)CC)=N/C. The molecule has 0 aromatic rings. The Morgan fingerprint density at radius 3 is 2.58 bits per heavy atom. The summed E-state index contributed by atoms with van der Waals surface area (Å²) in [6, 6.07) is 0. The average molecular weight is 168 g/mol. The largest absolute Gasteiger partial charge is 0.274 e. The molecule has 0 aliphatic heterocycles. The van der Waals surface area contributed by atoms with E-state index in [1.165, 1.54) is 12.8 Å². The molecule has 0 N–H and O–H groups in total. The van der Waals surface area contributed by atoms with Crippen LogP contribution in [0.15, 0.2) is 9.98 Å². The van der Waals surface area contributed by atoms with Crippen molar-refractivity contribution in [2.24, 2.45) is 15.9 Å². The van der Waals surface area contributed by atoms with Crippen LogP contribution in [0.25, 0.3) is 0 Å². The van der Waals surface area contributed by atoms with Gasteiger partial charge in [0.25, 0.3) is 0 Å². The molecule has 0 radical (unpaired) electrons. The second kappa shape index (κ2) is 7.01. The van der Waals surface area contributed by atoms with Crippen LogP contribution in [0.1, 0.15) is 40.0 Å². The third-order valence-electron chi connectivity index (χ3n) is 2.09. The van der Waals surface area contributed by atoms with Crippen molar-refractivity contribution in [3.63, 3.8) is 0 Å². The van der Waals surface area contributed by atoms with Crippen LogP contribution < -0.4 is 0 Å². The molecule has 70 valence electrons. The molecular formula is C10H20N2. The van der Waals surface area contributed by atoms with E-state index in [1.54, 1.807) is 13.3 Å². The molecule has 0 saturated heterocycles. The molecule has 0 aliphatic carbocycles. The molecule has 0 rings (SSSR count). The van der Waals surface area contributed by atoms with Crippen LogP contribution in [0.5, 0.6) is 0 Å². The summed E-state index contributed by atoms with van der Waals surface area (Å²) in [4.78, 5) is 8.28. The molecule has 2 nitrogen and oxygen atoms in total. The van der Waals surface area contributed by atoms with E-state index in [4.69, 9.17) is 0 Å². The van der Waals surface area contributed by atoms with Crippen molar-refractivity contribution in [3.8, 4) is 0 Å². The van der Waals surface area contributed by atoms with Crippen molar-refractivity contribution < 1.29 is 0 Å². The Morgan fingerprint density at radius 1 is 1.50 bits per heavy atom. The van der Waals surface area contributed by atoms with Gasteiger partial charge in [0.05, 0.1) is 0 Å². The molecule has 0 heterocycles. The number of aliphatic imine (C=N–C) groups is 2. The first-order chi connectivity index (χ1) is 5.74. The Labute approximate surface area is 75.8 Å². The number of hydrogen-bond donors (Lipinski definition) is 0. The normalized spacial score (nSPS) is 15.5. The summed E-state index contributed by atoms with van der Waals surface area (Å²) in [5.74, 6) is 1.76. The van der Waals surface area contributed by atoms with E-state index < -0.39 is 0 Å². The molecule has 12 heavy (non-hydrogen) atoms. The van der Waals surface area contributed by atoms with Gasteiger partial charge in [0.2, 0.25) is 0 Å². The Bertz CT molecular complexity index is 159. The minimum atomic E-state index is 0.786. The molecule has 0 amide bonds. The fourth-order valence-corrected chi connectivity index (χ4v) is 0.963. The van der Waals surface area contributed by atoms with Gasteiger partial charge in [0.1, 0.15) is 5.84 Å². The maximum Gasteiger partial charge on any atom is 0.122 e. The van der Waals surface area contributed by atoms with Gasteiger partial charge in [-0.3, -0.25) is 4.99 Å². The smallest absolute Gasteiger partial charge is 0.122 e. The van der Waals surface area contributed by atoms with Gasteiger partial charge >= 0.3 is 0 Å². The van der Waals surface area contributed by atoms with E-state index in [0.717, 1.165) is 18.2 Å². The minimum Gasteiger partial charge on any atom is -0.274 e. The Kier molecular flexibility index (Phi) is 6.63. The van der Waals surface area contributed by atoms with Crippen LogP contribution in [-0.2, 0) is 0 Å². The van der Waals surface area contributed by atoms with Crippen molar-refractivity contribution in [2.45, 2.75) is 40.0 Å². The summed E-state index contributed by atoms with van der Waals surface area (Å²) in [7, 11) is 1.80. The Balaban J connectivity index is 3.74. The van der Waals surface area contributed by atoms with E-state index in [-0.39, 0.29) is 0 Å². The Hall–Kier alpha value is -0.660. The van der Waals surface area contributed by atoms with Crippen molar-refractivity contribution >= 4 is 12.1 Å². The van der Waals surface area contributed by atoms with Gasteiger partial charge in [-0.1, -0.05) is 20.3 Å². The summed E-state index contributed by atoms with van der Waals surface area (Å²) >= 11 is 0. The first-order valence-electron chi connectivity index (χ1n) is 4.68. The van der Waals surface area contributed by atoms with E-state index in [2.05, 4.69) is 23.8 Å². The van der Waals surface area contributed by atoms with Gasteiger partial charge in [0, 0.05) is 19.7 Å². The van der Waals surface area contributed by atoms with Gasteiger partial charge < -0.3 is 0 Å². The molecule has 0 fully saturated rings. The van der Waals surface area contributed by atoms with E-state index in [1.807, 2.05) is 6.92 Å². The monoisotopic (exact) mass is 168 g/mol. The van der Waals surface area contributed by atoms with Gasteiger partial charge in [-0.15, -0.1) is 0 Å². The highest BCUT2D eigenvalue weighted by Crippen LogP contribution is 2.10. The lowest BCUT2D eigenvalue weighted by Crippen LogP contribution is -1.99. The predicted octanol–water partition coefficient (Wildman–Crippen LogP) is 2.93. The van der Waals surface area contributed by atoms with Crippen molar-refractivity contribution in [3.05, 3.63) is 0 Å². The fourth-order valence-electron chi connectivity index (χ4n) is 0.963. The van der Waals surface area contributed by atoms with Crippen LogP contribution in [0.3, 0.4) is 0 Å².